The maximum Gasteiger partial charge on any atom is 0.274 e. The molecule has 0 fully saturated rings. The normalized spacial score (nSPS) is 11.7. The van der Waals surface area contributed by atoms with Gasteiger partial charge in [0.2, 0.25) is 0 Å². The molecule has 2 aromatic carbocycles. The van der Waals surface area contributed by atoms with Gasteiger partial charge in [0.1, 0.15) is 11.4 Å². The van der Waals surface area contributed by atoms with Crippen molar-refractivity contribution >= 4 is 23.2 Å². The number of aliphatic hydroxyl groups excluding tert-OH is 3. The minimum Gasteiger partial charge on any atom is -0.395 e. The number of aromatic nitrogens is 2. The van der Waals surface area contributed by atoms with Gasteiger partial charge in [-0.05, 0) is 71.5 Å². The summed E-state index contributed by atoms with van der Waals surface area (Å²) < 4.78 is 0. The van der Waals surface area contributed by atoms with Crippen LogP contribution in [-0.2, 0) is 13.1 Å². The van der Waals surface area contributed by atoms with E-state index in [0.717, 1.165) is 33.4 Å². The molecule has 11 heteroatoms. The number of hydrogen-bond donors (Lipinski definition) is 7. The number of nitrogens with one attached hydrogen (secondary N) is 4. The average Bonchev–Trinajstić information content (AvgIpc) is 3.04. The zero-order valence-electron chi connectivity index (χ0n) is 24.8. The maximum atomic E-state index is 13.0. The summed E-state index contributed by atoms with van der Waals surface area (Å²) >= 11 is 0. The third-order valence-electron chi connectivity index (χ3n) is 7.11. The third kappa shape index (κ3) is 8.53. The number of amides is 2. The standard InChI is InChI=1S/C33H38N6O5/c1-21-26(5-3-7-28(21)38-32(43)30-11-9-23(17-36-30)15-34-13-14-40)27-6-4-8-29(22(27)2)39-33(44)31-12-10-24(18-37-31)16-35-19-25(42)20-41/h3-12,17-18,25,34-35,40-42H,13-16,19-20H2,1-2H3,(H,38,43)(H,39,44)/t25-/m0/s1. The van der Waals surface area contributed by atoms with Crippen LogP contribution in [0.3, 0.4) is 0 Å². The van der Waals surface area contributed by atoms with Crippen LogP contribution in [0.1, 0.15) is 43.2 Å². The van der Waals surface area contributed by atoms with Crippen LogP contribution >= 0.6 is 0 Å². The van der Waals surface area contributed by atoms with Gasteiger partial charge in [0.25, 0.3) is 11.8 Å². The number of nitrogens with zero attached hydrogens (tertiary/aromatic N) is 2. The van der Waals surface area contributed by atoms with Gasteiger partial charge in [0.15, 0.2) is 0 Å². The first-order chi connectivity index (χ1) is 21.3. The molecule has 4 rings (SSSR count). The molecular formula is C33H38N6O5. The van der Waals surface area contributed by atoms with Gasteiger partial charge >= 0.3 is 0 Å². The van der Waals surface area contributed by atoms with Crippen molar-refractivity contribution in [2.45, 2.75) is 33.0 Å². The van der Waals surface area contributed by atoms with Gasteiger partial charge in [-0.3, -0.25) is 19.6 Å². The molecular weight excluding hydrogens is 560 g/mol. The molecule has 0 aliphatic carbocycles. The number of carbonyl (C=O) groups is 2. The topological polar surface area (TPSA) is 169 Å². The monoisotopic (exact) mass is 598 g/mol. The van der Waals surface area contributed by atoms with Crippen LogP contribution < -0.4 is 21.3 Å². The van der Waals surface area contributed by atoms with Crippen molar-refractivity contribution in [3.8, 4) is 11.1 Å². The summed E-state index contributed by atoms with van der Waals surface area (Å²) in [4.78, 5) is 34.6. The fraction of sp³-hybridized carbons (Fsp3) is 0.273. The van der Waals surface area contributed by atoms with Gasteiger partial charge in [0.05, 0.1) is 19.3 Å². The Balaban J connectivity index is 1.44. The highest BCUT2D eigenvalue weighted by Gasteiger charge is 2.16. The van der Waals surface area contributed by atoms with E-state index in [-0.39, 0.29) is 37.3 Å². The van der Waals surface area contributed by atoms with Crippen LogP contribution in [0.15, 0.2) is 73.1 Å². The first-order valence-electron chi connectivity index (χ1n) is 14.3. The first kappa shape index (κ1) is 32.4. The summed E-state index contributed by atoms with van der Waals surface area (Å²) in [5, 5.41) is 39.3. The Hall–Kier alpha value is -4.52. The predicted molar refractivity (Wildman–Crippen MR) is 169 cm³/mol. The van der Waals surface area contributed by atoms with E-state index >= 15 is 0 Å². The predicted octanol–water partition coefficient (Wildman–Crippen LogP) is 2.79. The lowest BCUT2D eigenvalue weighted by Crippen LogP contribution is -2.29. The van der Waals surface area contributed by atoms with Gasteiger partial charge in [-0.15, -0.1) is 0 Å². The number of carbonyl (C=O) groups excluding carboxylic acids is 2. The summed E-state index contributed by atoms with van der Waals surface area (Å²) in [6.45, 7) is 5.33. The second kappa shape index (κ2) is 15.8. The molecule has 7 N–H and O–H groups in total. The maximum absolute atomic E-state index is 13.0. The van der Waals surface area contributed by atoms with Gasteiger partial charge in [-0.1, -0.05) is 36.4 Å². The van der Waals surface area contributed by atoms with Crippen molar-refractivity contribution in [2.75, 3.05) is 36.9 Å². The minimum atomic E-state index is -0.829. The molecule has 0 aliphatic rings. The number of benzene rings is 2. The highest BCUT2D eigenvalue weighted by molar-refractivity contribution is 6.05. The Kier molecular flexibility index (Phi) is 11.6. The van der Waals surface area contributed by atoms with E-state index < -0.39 is 6.10 Å². The zero-order chi connectivity index (χ0) is 31.5. The molecule has 0 unspecified atom stereocenters. The quantitative estimate of drug-likeness (QED) is 0.108. The lowest BCUT2D eigenvalue weighted by Gasteiger charge is -2.17. The Labute approximate surface area is 256 Å². The fourth-order valence-corrected chi connectivity index (χ4v) is 4.58. The van der Waals surface area contributed by atoms with Crippen LogP contribution in [0.25, 0.3) is 11.1 Å². The first-order valence-corrected chi connectivity index (χ1v) is 14.3. The summed E-state index contributed by atoms with van der Waals surface area (Å²) in [6.07, 6.45) is 2.41. The molecule has 4 aromatic rings. The largest absolute Gasteiger partial charge is 0.395 e. The summed E-state index contributed by atoms with van der Waals surface area (Å²) in [6, 6.07) is 18.3. The van der Waals surface area contributed by atoms with Gasteiger partial charge < -0.3 is 36.6 Å². The number of anilines is 2. The molecule has 44 heavy (non-hydrogen) atoms. The molecule has 230 valence electrons. The number of aliphatic hydroxyl groups is 3. The van der Waals surface area contributed by atoms with E-state index in [1.165, 1.54) is 0 Å². The molecule has 11 nitrogen and oxygen atoms in total. The highest BCUT2D eigenvalue weighted by atomic mass is 16.3. The highest BCUT2D eigenvalue weighted by Crippen LogP contribution is 2.34. The van der Waals surface area contributed by atoms with Crippen LogP contribution in [-0.4, -0.2) is 69.5 Å². The van der Waals surface area contributed by atoms with E-state index in [0.29, 0.717) is 36.7 Å². The minimum absolute atomic E-state index is 0.0527. The summed E-state index contributed by atoms with van der Waals surface area (Å²) in [7, 11) is 0. The van der Waals surface area contributed by atoms with Gasteiger partial charge in [-0.25, -0.2) is 0 Å². The lowest BCUT2D eigenvalue weighted by molar-refractivity contribution is 0.0942. The second-order valence-electron chi connectivity index (χ2n) is 10.3. The molecule has 0 radical (unpaired) electrons. The molecule has 2 amide bonds. The van der Waals surface area contributed by atoms with Crippen molar-refractivity contribution < 1.29 is 24.9 Å². The van der Waals surface area contributed by atoms with Crippen LogP contribution in [0, 0.1) is 13.8 Å². The van der Waals surface area contributed by atoms with Crippen molar-refractivity contribution in [3.05, 3.63) is 107 Å². The zero-order valence-corrected chi connectivity index (χ0v) is 24.8. The van der Waals surface area contributed by atoms with Gasteiger partial charge in [0, 0.05) is 49.9 Å². The second-order valence-corrected chi connectivity index (χ2v) is 10.3. The molecule has 0 spiro atoms. The Morgan fingerprint density at radius 2 is 1.23 bits per heavy atom. The SMILES string of the molecule is Cc1c(NC(=O)c2ccc(CNCCO)cn2)cccc1-c1cccc(NC(=O)c2ccc(CNC[C@H](O)CO)cn2)c1C. The molecule has 2 heterocycles. The molecule has 2 aromatic heterocycles. The lowest BCUT2D eigenvalue weighted by atomic mass is 9.94. The Bertz CT molecular complexity index is 1560. The molecule has 0 saturated heterocycles. The molecule has 0 bridgehead atoms. The van der Waals surface area contributed by atoms with Crippen LogP contribution in [0.4, 0.5) is 11.4 Å². The summed E-state index contributed by atoms with van der Waals surface area (Å²) in [5.41, 5.74) is 7.16. The number of rotatable bonds is 14. The van der Waals surface area contributed by atoms with Crippen molar-refractivity contribution in [1.82, 2.24) is 20.6 Å². The number of pyridine rings is 2. The Morgan fingerprint density at radius 3 is 1.66 bits per heavy atom. The van der Waals surface area contributed by atoms with E-state index in [1.807, 2.05) is 56.3 Å². The molecule has 0 saturated carbocycles. The van der Waals surface area contributed by atoms with Gasteiger partial charge in [-0.2, -0.15) is 0 Å². The van der Waals surface area contributed by atoms with Crippen molar-refractivity contribution in [1.29, 1.82) is 0 Å². The molecule has 1 atom stereocenters. The van der Waals surface area contributed by atoms with E-state index in [1.54, 1.807) is 30.6 Å². The summed E-state index contributed by atoms with van der Waals surface area (Å²) in [5.74, 6) is -0.671. The van der Waals surface area contributed by atoms with E-state index in [2.05, 4.69) is 31.2 Å². The fourth-order valence-electron chi connectivity index (χ4n) is 4.58. The molecule has 0 aliphatic heterocycles. The van der Waals surface area contributed by atoms with Crippen molar-refractivity contribution in [2.24, 2.45) is 0 Å². The average molecular weight is 599 g/mol. The van der Waals surface area contributed by atoms with Crippen LogP contribution in [0.5, 0.6) is 0 Å². The third-order valence-corrected chi connectivity index (χ3v) is 7.11. The van der Waals surface area contributed by atoms with E-state index in [4.69, 9.17) is 10.2 Å². The Morgan fingerprint density at radius 1 is 0.727 bits per heavy atom. The number of hydrogen-bond acceptors (Lipinski definition) is 9. The van der Waals surface area contributed by atoms with Crippen molar-refractivity contribution in [3.63, 3.8) is 0 Å². The smallest absolute Gasteiger partial charge is 0.274 e. The van der Waals surface area contributed by atoms with E-state index in [9.17, 15) is 14.7 Å². The van der Waals surface area contributed by atoms with Crippen LogP contribution in [0.2, 0.25) is 0 Å².